The first-order valence-corrected chi connectivity index (χ1v) is 15.2. The van der Waals surface area contributed by atoms with Gasteiger partial charge in [0.2, 0.25) is 0 Å². The van der Waals surface area contributed by atoms with Crippen LogP contribution in [0.25, 0.3) is 0 Å². The second-order valence-electron chi connectivity index (χ2n) is 4.17. The third-order valence-electron chi connectivity index (χ3n) is 2.31. The fraction of sp³-hybridized carbons (Fsp3) is 1.00. The molecule has 0 saturated heterocycles. The zero-order valence-electron chi connectivity index (χ0n) is 14.2. The highest BCUT2D eigenvalue weighted by molar-refractivity contribution is 8.04. The molecule has 0 aromatic heterocycles. The van der Waals surface area contributed by atoms with Gasteiger partial charge in [0, 0.05) is 46.0 Å². The quantitative estimate of drug-likeness (QED) is 0.301. The standard InChI is InChI=1S/C9H20S3.C6H14S3/c1-3-4-5-11-8-9-12-7-6-10-2;1-7-3-5-9-6-4-8-2/h3-9H2,1-2H3;3-6H2,1-2H3. The number of thioether (sulfide) groups is 6. The fourth-order valence-electron chi connectivity index (χ4n) is 1.10. The second kappa shape index (κ2) is 27.0. The van der Waals surface area contributed by atoms with Gasteiger partial charge in [0.1, 0.15) is 0 Å². The van der Waals surface area contributed by atoms with Crippen LogP contribution in [0, 0.1) is 0 Å². The maximum atomic E-state index is 2.26. The van der Waals surface area contributed by atoms with Crippen LogP contribution in [0.4, 0.5) is 0 Å². The summed E-state index contributed by atoms with van der Waals surface area (Å²) in [5.74, 6) is 11.9. The Morgan fingerprint density at radius 3 is 1.14 bits per heavy atom. The predicted octanol–water partition coefficient (Wildman–Crippen LogP) is 6.06. The molecule has 21 heavy (non-hydrogen) atoms. The molecule has 0 saturated carbocycles. The van der Waals surface area contributed by atoms with Gasteiger partial charge in [0.25, 0.3) is 0 Å². The van der Waals surface area contributed by atoms with Gasteiger partial charge in [0.05, 0.1) is 0 Å². The molecule has 0 N–H and O–H groups in total. The minimum Gasteiger partial charge on any atom is -0.165 e. The van der Waals surface area contributed by atoms with Crippen molar-refractivity contribution in [1.29, 1.82) is 0 Å². The molecule has 6 heteroatoms. The van der Waals surface area contributed by atoms with E-state index in [1.54, 1.807) is 0 Å². The van der Waals surface area contributed by atoms with E-state index in [1.165, 1.54) is 64.6 Å². The monoisotopic (exact) mass is 406 g/mol. The van der Waals surface area contributed by atoms with Gasteiger partial charge >= 0.3 is 0 Å². The molecule has 0 aliphatic carbocycles. The van der Waals surface area contributed by atoms with Crippen LogP contribution in [-0.2, 0) is 0 Å². The lowest BCUT2D eigenvalue weighted by molar-refractivity contribution is 0.896. The van der Waals surface area contributed by atoms with Crippen molar-refractivity contribution in [3.8, 4) is 0 Å². The molecule has 0 aromatic carbocycles. The number of rotatable bonds is 15. The minimum atomic E-state index is 1.30. The van der Waals surface area contributed by atoms with Crippen molar-refractivity contribution in [3.05, 3.63) is 0 Å². The third-order valence-corrected chi connectivity index (χ3v) is 8.22. The van der Waals surface area contributed by atoms with Gasteiger partial charge < -0.3 is 0 Å². The van der Waals surface area contributed by atoms with Gasteiger partial charge in [-0.05, 0) is 30.9 Å². The van der Waals surface area contributed by atoms with Crippen molar-refractivity contribution in [2.24, 2.45) is 0 Å². The lowest BCUT2D eigenvalue weighted by Crippen LogP contribution is -1.90. The first kappa shape index (κ1) is 25.3. The Morgan fingerprint density at radius 2 is 0.810 bits per heavy atom. The number of unbranched alkanes of at least 4 members (excludes halogenated alkanes) is 1. The Balaban J connectivity index is 0. The number of hydrogen-bond acceptors (Lipinski definition) is 6. The third kappa shape index (κ3) is 30.5. The first-order chi connectivity index (χ1) is 10.3. The molecule has 130 valence electrons. The van der Waals surface area contributed by atoms with E-state index < -0.39 is 0 Å². The van der Waals surface area contributed by atoms with E-state index >= 15 is 0 Å². The molecule has 0 aliphatic rings. The molecule has 0 rings (SSSR count). The minimum absolute atomic E-state index is 1.30. The Bertz CT molecular complexity index is 141. The van der Waals surface area contributed by atoms with Gasteiger partial charge in [-0.25, -0.2) is 0 Å². The van der Waals surface area contributed by atoms with Crippen molar-refractivity contribution < 1.29 is 0 Å². The molecule has 0 aromatic rings. The van der Waals surface area contributed by atoms with Gasteiger partial charge in [-0.2, -0.15) is 70.6 Å². The van der Waals surface area contributed by atoms with Gasteiger partial charge in [-0.3, -0.25) is 0 Å². The smallest absolute Gasteiger partial charge is 0.00238 e. The summed E-state index contributed by atoms with van der Waals surface area (Å²) in [4.78, 5) is 0. The lowest BCUT2D eigenvalue weighted by atomic mass is 10.4. The molecular weight excluding hydrogens is 373 g/mol. The Labute approximate surface area is 160 Å². The average Bonchev–Trinajstić information content (AvgIpc) is 2.51. The van der Waals surface area contributed by atoms with Crippen molar-refractivity contribution in [1.82, 2.24) is 0 Å². The van der Waals surface area contributed by atoms with Gasteiger partial charge in [0.15, 0.2) is 0 Å². The molecular formula is C15H34S6. The maximum Gasteiger partial charge on any atom is 0.00238 e. The summed E-state index contributed by atoms with van der Waals surface area (Å²) in [7, 11) is 0. The van der Waals surface area contributed by atoms with E-state index in [9.17, 15) is 0 Å². The summed E-state index contributed by atoms with van der Waals surface area (Å²) in [6.45, 7) is 2.26. The van der Waals surface area contributed by atoms with Gasteiger partial charge in [-0.15, -0.1) is 0 Å². The van der Waals surface area contributed by atoms with E-state index in [0.717, 1.165) is 0 Å². The summed E-state index contributed by atoms with van der Waals surface area (Å²) < 4.78 is 0. The van der Waals surface area contributed by atoms with E-state index in [-0.39, 0.29) is 0 Å². The van der Waals surface area contributed by atoms with Crippen molar-refractivity contribution in [2.45, 2.75) is 19.8 Å². The molecule has 0 unspecified atom stereocenters. The Morgan fingerprint density at radius 1 is 0.476 bits per heavy atom. The normalized spacial score (nSPS) is 10.3. The zero-order valence-corrected chi connectivity index (χ0v) is 19.1. The van der Waals surface area contributed by atoms with E-state index in [2.05, 4.69) is 61.0 Å². The molecule has 0 heterocycles. The Hall–Kier alpha value is 2.10. The summed E-state index contributed by atoms with van der Waals surface area (Å²) in [5.41, 5.74) is 0. The molecule has 0 spiro atoms. The highest BCUT2D eigenvalue weighted by atomic mass is 32.2. The van der Waals surface area contributed by atoms with Crippen molar-refractivity contribution >= 4 is 70.6 Å². The second-order valence-corrected chi connectivity index (χ2v) is 10.8. The van der Waals surface area contributed by atoms with Crippen LogP contribution >= 0.6 is 70.6 Å². The van der Waals surface area contributed by atoms with E-state index in [1.807, 2.05) is 35.3 Å². The summed E-state index contributed by atoms with van der Waals surface area (Å²) >= 11 is 12.1. The van der Waals surface area contributed by atoms with Crippen LogP contribution in [0.2, 0.25) is 0 Å². The molecule has 0 bridgehead atoms. The maximum absolute atomic E-state index is 2.26. The van der Waals surface area contributed by atoms with E-state index in [0.29, 0.717) is 0 Å². The van der Waals surface area contributed by atoms with Crippen LogP contribution in [0.15, 0.2) is 0 Å². The summed E-state index contributed by atoms with van der Waals surface area (Å²) in [6, 6.07) is 0. The van der Waals surface area contributed by atoms with Crippen molar-refractivity contribution in [2.75, 3.05) is 70.5 Å². The lowest BCUT2D eigenvalue weighted by Gasteiger charge is -2.00. The fourth-order valence-corrected chi connectivity index (χ4v) is 6.56. The molecule has 0 nitrogen and oxygen atoms in total. The molecule has 0 amide bonds. The predicted molar refractivity (Wildman–Crippen MR) is 122 cm³/mol. The highest BCUT2D eigenvalue weighted by Gasteiger charge is 1.90. The Kier molecular flexibility index (Phi) is 32.5. The SMILES string of the molecule is CCCCSCCSCCSC.CSCCSCCSC. The zero-order chi connectivity index (χ0) is 16.0. The molecule has 0 radical (unpaired) electrons. The summed E-state index contributed by atoms with van der Waals surface area (Å²) in [6.07, 6.45) is 9.23. The topological polar surface area (TPSA) is 0 Å². The van der Waals surface area contributed by atoms with Crippen LogP contribution in [0.5, 0.6) is 0 Å². The first-order valence-electron chi connectivity index (χ1n) is 7.53. The van der Waals surface area contributed by atoms with Gasteiger partial charge in [-0.1, -0.05) is 13.3 Å². The average molecular weight is 407 g/mol. The van der Waals surface area contributed by atoms with Crippen LogP contribution < -0.4 is 0 Å². The van der Waals surface area contributed by atoms with Crippen molar-refractivity contribution in [3.63, 3.8) is 0 Å². The number of hydrogen-bond donors (Lipinski definition) is 0. The van der Waals surface area contributed by atoms with Crippen LogP contribution in [-0.4, -0.2) is 70.5 Å². The highest BCUT2D eigenvalue weighted by Crippen LogP contribution is 2.10. The van der Waals surface area contributed by atoms with Crippen LogP contribution in [0.1, 0.15) is 19.8 Å². The molecule has 0 aliphatic heterocycles. The summed E-state index contributed by atoms with van der Waals surface area (Å²) in [5, 5.41) is 0. The largest absolute Gasteiger partial charge is 0.165 e. The molecule has 0 fully saturated rings. The molecule has 0 atom stereocenters. The van der Waals surface area contributed by atoms with E-state index in [4.69, 9.17) is 0 Å². The van der Waals surface area contributed by atoms with Crippen LogP contribution in [0.3, 0.4) is 0 Å².